The first kappa shape index (κ1) is 10.5. The Labute approximate surface area is 68.4 Å². The fourth-order valence-corrected chi connectivity index (χ4v) is 1.54. The van der Waals surface area contributed by atoms with Gasteiger partial charge in [0.25, 0.3) is 0 Å². The summed E-state index contributed by atoms with van der Waals surface area (Å²) in [5.41, 5.74) is 0. The van der Waals surface area contributed by atoms with Crippen LogP contribution in [0.3, 0.4) is 0 Å². The van der Waals surface area contributed by atoms with Gasteiger partial charge in [0, 0.05) is 6.54 Å². The van der Waals surface area contributed by atoms with Crippen LogP contribution in [-0.4, -0.2) is 32.1 Å². The first-order chi connectivity index (χ1) is 5.02. The molecule has 0 aliphatic carbocycles. The molecule has 0 aromatic heterocycles. The fourth-order valence-electron chi connectivity index (χ4n) is 0.713. The molecule has 11 heavy (non-hydrogen) atoms. The standard InChI is InChI=1S/C7H13NO2S/c1-4-6-8(7-5-2)11(3,9)10/h1H,5-7H2,2-3H3. The largest absolute Gasteiger partial charge is 0.212 e. The molecular formula is C7H13NO2S. The summed E-state index contributed by atoms with van der Waals surface area (Å²) >= 11 is 0. The van der Waals surface area contributed by atoms with Crippen molar-refractivity contribution in [3.8, 4) is 12.3 Å². The highest BCUT2D eigenvalue weighted by molar-refractivity contribution is 7.88. The first-order valence-electron chi connectivity index (χ1n) is 3.41. The number of nitrogens with zero attached hydrogens (tertiary/aromatic N) is 1. The Kier molecular flexibility index (Phi) is 4.16. The average Bonchev–Trinajstić information content (AvgIpc) is 1.85. The molecule has 0 aromatic carbocycles. The lowest BCUT2D eigenvalue weighted by Crippen LogP contribution is -2.30. The van der Waals surface area contributed by atoms with Gasteiger partial charge in [0.1, 0.15) is 0 Å². The van der Waals surface area contributed by atoms with Crippen molar-refractivity contribution >= 4 is 10.0 Å². The van der Waals surface area contributed by atoms with E-state index in [9.17, 15) is 8.42 Å². The number of rotatable bonds is 4. The van der Waals surface area contributed by atoms with Crippen molar-refractivity contribution in [1.82, 2.24) is 4.31 Å². The van der Waals surface area contributed by atoms with Crippen molar-refractivity contribution in [2.24, 2.45) is 0 Å². The van der Waals surface area contributed by atoms with E-state index in [0.717, 1.165) is 6.42 Å². The van der Waals surface area contributed by atoms with Crippen LogP contribution >= 0.6 is 0 Å². The Hall–Kier alpha value is -0.530. The summed E-state index contributed by atoms with van der Waals surface area (Å²) in [6.45, 7) is 2.59. The number of terminal acetylenes is 1. The zero-order valence-electron chi connectivity index (χ0n) is 6.87. The van der Waals surface area contributed by atoms with Crippen molar-refractivity contribution in [1.29, 1.82) is 0 Å². The van der Waals surface area contributed by atoms with Crippen molar-refractivity contribution < 1.29 is 8.42 Å². The van der Waals surface area contributed by atoms with E-state index in [1.807, 2.05) is 6.92 Å². The van der Waals surface area contributed by atoms with Gasteiger partial charge in [0.05, 0.1) is 12.8 Å². The summed E-state index contributed by atoms with van der Waals surface area (Å²) in [6.07, 6.45) is 6.95. The highest BCUT2D eigenvalue weighted by atomic mass is 32.2. The van der Waals surface area contributed by atoms with Crippen LogP contribution in [0, 0.1) is 12.3 Å². The lowest BCUT2D eigenvalue weighted by Gasteiger charge is -2.15. The highest BCUT2D eigenvalue weighted by Gasteiger charge is 2.12. The molecule has 0 aliphatic rings. The van der Waals surface area contributed by atoms with Gasteiger partial charge in [-0.05, 0) is 6.42 Å². The molecule has 0 atom stereocenters. The molecule has 0 saturated carbocycles. The molecule has 0 amide bonds. The van der Waals surface area contributed by atoms with Crippen molar-refractivity contribution in [2.75, 3.05) is 19.3 Å². The van der Waals surface area contributed by atoms with E-state index < -0.39 is 10.0 Å². The van der Waals surface area contributed by atoms with E-state index in [1.165, 1.54) is 10.6 Å². The van der Waals surface area contributed by atoms with Crippen molar-refractivity contribution in [3.05, 3.63) is 0 Å². The van der Waals surface area contributed by atoms with E-state index in [-0.39, 0.29) is 6.54 Å². The molecular weight excluding hydrogens is 162 g/mol. The van der Waals surface area contributed by atoms with Crippen molar-refractivity contribution in [2.45, 2.75) is 13.3 Å². The van der Waals surface area contributed by atoms with E-state index in [2.05, 4.69) is 5.92 Å². The Morgan fingerprint density at radius 1 is 1.55 bits per heavy atom. The van der Waals surface area contributed by atoms with Gasteiger partial charge in [-0.1, -0.05) is 12.8 Å². The van der Waals surface area contributed by atoms with Gasteiger partial charge in [-0.15, -0.1) is 6.42 Å². The molecule has 0 radical (unpaired) electrons. The molecule has 0 bridgehead atoms. The molecule has 64 valence electrons. The maximum absolute atomic E-state index is 10.9. The number of hydrogen-bond acceptors (Lipinski definition) is 2. The predicted molar refractivity (Wildman–Crippen MR) is 45.5 cm³/mol. The second kappa shape index (κ2) is 4.37. The van der Waals surface area contributed by atoms with Gasteiger partial charge in [0.15, 0.2) is 0 Å². The van der Waals surface area contributed by atoms with Crippen LogP contribution in [0.5, 0.6) is 0 Å². The lowest BCUT2D eigenvalue weighted by atomic mass is 10.5. The smallest absolute Gasteiger partial charge is 0.212 e. The molecule has 0 aliphatic heterocycles. The lowest BCUT2D eigenvalue weighted by molar-refractivity contribution is 0.450. The molecule has 0 rings (SSSR count). The van der Waals surface area contributed by atoms with Crippen LogP contribution in [0.1, 0.15) is 13.3 Å². The topological polar surface area (TPSA) is 37.4 Å². The van der Waals surface area contributed by atoms with Crippen LogP contribution < -0.4 is 0 Å². The van der Waals surface area contributed by atoms with Crippen LogP contribution in [0.25, 0.3) is 0 Å². The molecule has 0 N–H and O–H groups in total. The minimum Gasteiger partial charge on any atom is -0.212 e. The normalized spacial score (nSPS) is 11.5. The summed E-state index contributed by atoms with van der Waals surface area (Å²) in [5, 5.41) is 0. The zero-order chi connectivity index (χ0) is 8.91. The second-order valence-corrected chi connectivity index (χ2v) is 4.28. The molecule has 0 unspecified atom stereocenters. The molecule has 0 heterocycles. The quantitative estimate of drug-likeness (QED) is 0.576. The van der Waals surface area contributed by atoms with Gasteiger partial charge in [-0.3, -0.25) is 0 Å². The Balaban J connectivity index is 4.25. The minimum absolute atomic E-state index is 0.173. The van der Waals surface area contributed by atoms with E-state index >= 15 is 0 Å². The predicted octanol–water partition coefficient (Wildman–Crippen LogP) is 0.291. The number of hydrogen-bond donors (Lipinski definition) is 0. The van der Waals surface area contributed by atoms with Gasteiger partial charge in [-0.25, -0.2) is 8.42 Å². The number of sulfonamides is 1. The summed E-state index contributed by atoms with van der Waals surface area (Å²) < 4.78 is 23.2. The first-order valence-corrected chi connectivity index (χ1v) is 5.25. The minimum atomic E-state index is -3.10. The van der Waals surface area contributed by atoms with Gasteiger partial charge < -0.3 is 0 Å². The maximum atomic E-state index is 10.9. The van der Waals surface area contributed by atoms with Crippen LogP contribution in [-0.2, 0) is 10.0 Å². The van der Waals surface area contributed by atoms with Gasteiger partial charge >= 0.3 is 0 Å². The Morgan fingerprint density at radius 3 is 2.36 bits per heavy atom. The van der Waals surface area contributed by atoms with E-state index in [1.54, 1.807) is 0 Å². The highest BCUT2D eigenvalue weighted by Crippen LogP contribution is 1.97. The third-order valence-corrected chi connectivity index (χ3v) is 2.46. The van der Waals surface area contributed by atoms with Gasteiger partial charge in [-0.2, -0.15) is 4.31 Å². The fraction of sp³-hybridized carbons (Fsp3) is 0.714. The monoisotopic (exact) mass is 175 g/mol. The Morgan fingerprint density at radius 2 is 2.09 bits per heavy atom. The average molecular weight is 175 g/mol. The molecule has 0 saturated heterocycles. The molecule has 0 fully saturated rings. The van der Waals surface area contributed by atoms with Crippen LogP contribution in [0.15, 0.2) is 0 Å². The second-order valence-electron chi connectivity index (χ2n) is 2.30. The van der Waals surface area contributed by atoms with Crippen molar-refractivity contribution in [3.63, 3.8) is 0 Å². The van der Waals surface area contributed by atoms with Crippen LogP contribution in [0.2, 0.25) is 0 Å². The third-order valence-electron chi connectivity index (χ3n) is 1.21. The molecule has 0 aromatic rings. The summed E-state index contributed by atoms with van der Waals surface area (Å²) in [5.74, 6) is 2.31. The van der Waals surface area contributed by atoms with Crippen LogP contribution in [0.4, 0.5) is 0 Å². The zero-order valence-corrected chi connectivity index (χ0v) is 7.69. The molecule has 0 spiro atoms. The SMILES string of the molecule is C#CCN(CCC)S(C)(=O)=O. The van der Waals surface area contributed by atoms with E-state index in [4.69, 9.17) is 6.42 Å². The third kappa shape index (κ3) is 4.02. The molecule has 3 nitrogen and oxygen atoms in total. The van der Waals surface area contributed by atoms with E-state index in [0.29, 0.717) is 6.54 Å². The summed E-state index contributed by atoms with van der Waals surface area (Å²) in [7, 11) is -3.10. The van der Waals surface area contributed by atoms with Gasteiger partial charge in [0.2, 0.25) is 10.0 Å². The maximum Gasteiger partial charge on any atom is 0.212 e. The summed E-state index contributed by atoms with van der Waals surface area (Å²) in [6, 6.07) is 0. The Bertz CT molecular complexity index is 238. The summed E-state index contributed by atoms with van der Waals surface area (Å²) in [4.78, 5) is 0. The molecule has 4 heteroatoms.